The minimum absolute atomic E-state index is 0.0613. The number of carbonyl (C=O) groups excluding carboxylic acids is 2. The number of nitrogens with zero attached hydrogens (tertiary/aromatic N) is 1. The first-order valence-electron chi connectivity index (χ1n) is 6.59. The average Bonchev–Trinajstić information content (AvgIpc) is 2.65. The Morgan fingerprint density at radius 1 is 1.26 bits per heavy atom. The van der Waals surface area contributed by atoms with Gasteiger partial charge in [0, 0.05) is 10.9 Å². The van der Waals surface area contributed by atoms with Crippen molar-refractivity contribution >= 4 is 33.4 Å². The molecule has 1 fully saturated rings. The van der Waals surface area contributed by atoms with Gasteiger partial charge in [-0.3, -0.25) is 9.59 Å². The first-order valence-corrected chi connectivity index (χ1v) is 7.38. The number of rotatable bonds is 3. The van der Waals surface area contributed by atoms with Gasteiger partial charge in [-0.05, 0) is 47.3 Å². The van der Waals surface area contributed by atoms with Gasteiger partial charge in [0.1, 0.15) is 0 Å². The Balaban J connectivity index is 2.49. The standard InChI is InChI=1S/C15H18BrNO2/c1-4-15(5-2)9-12(18)17(14(15)19)11-8-6-7-10(3)13(11)16/h6-8H,4-5,9H2,1-3H3. The normalized spacial score (nSPS) is 18.2. The third-order valence-electron chi connectivity index (χ3n) is 4.16. The molecule has 0 spiro atoms. The van der Waals surface area contributed by atoms with E-state index in [1.807, 2.05) is 39.0 Å². The molecule has 1 heterocycles. The second-order valence-electron chi connectivity index (χ2n) is 5.11. The van der Waals surface area contributed by atoms with Crippen LogP contribution >= 0.6 is 15.9 Å². The molecular formula is C15H18BrNO2. The summed E-state index contributed by atoms with van der Waals surface area (Å²) < 4.78 is 0.819. The molecule has 0 radical (unpaired) electrons. The fourth-order valence-electron chi connectivity index (χ4n) is 2.65. The molecule has 4 heteroatoms. The van der Waals surface area contributed by atoms with Crippen LogP contribution in [0.3, 0.4) is 0 Å². The van der Waals surface area contributed by atoms with E-state index in [9.17, 15) is 9.59 Å². The van der Waals surface area contributed by atoms with Crippen LogP contribution in [0.1, 0.15) is 38.7 Å². The van der Waals surface area contributed by atoms with E-state index in [0.29, 0.717) is 24.9 Å². The van der Waals surface area contributed by atoms with Gasteiger partial charge in [-0.15, -0.1) is 0 Å². The summed E-state index contributed by atoms with van der Waals surface area (Å²) in [6, 6.07) is 5.63. The summed E-state index contributed by atoms with van der Waals surface area (Å²) in [5.41, 5.74) is 1.17. The molecular weight excluding hydrogens is 306 g/mol. The summed E-state index contributed by atoms with van der Waals surface area (Å²) in [4.78, 5) is 26.3. The van der Waals surface area contributed by atoms with Crippen molar-refractivity contribution in [1.29, 1.82) is 0 Å². The Hall–Kier alpha value is -1.16. The third kappa shape index (κ3) is 2.12. The Morgan fingerprint density at radius 3 is 2.42 bits per heavy atom. The lowest BCUT2D eigenvalue weighted by molar-refractivity contribution is -0.126. The van der Waals surface area contributed by atoms with E-state index < -0.39 is 5.41 Å². The van der Waals surface area contributed by atoms with E-state index in [4.69, 9.17) is 0 Å². The number of halogens is 1. The van der Waals surface area contributed by atoms with Gasteiger partial charge in [-0.25, -0.2) is 4.90 Å². The fraction of sp³-hybridized carbons (Fsp3) is 0.467. The number of hydrogen-bond donors (Lipinski definition) is 0. The maximum Gasteiger partial charge on any atom is 0.240 e. The topological polar surface area (TPSA) is 37.4 Å². The fourth-order valence-corrected chi connectivity index (χ4v) is 3.09. The van der Waals surface area contributed by atoms with E-state index in [2.05, 4.69) is 15.9 Å². The lowest BCUT2D eigenvalue weighted by atomic mass is 9.81. The van der Waals surface area contributed by atoms with E-state index in [-0.39, 0.29) is 11.8 Å². The maximum absolute atomic E-state index is 12.6. The number of benzene rings is 1. The van der Waals surface area contributed by atoms with Crippen molar-refractivity contribution in [3.63, 3.8) is 0 Å². The van der Waals surface area contributed by atoms with Crippen molar-refractivity contribution in [2.45, 2.75) is 40.0 Å². The Labute approximate surface area is 122 Å². The minimum Gasteiger partial charge on any atom is -0.274 e. The average molecular weight is 324 g/mol. The van der Waals surface area contributed by atoms with Crippen LogP contribution in [0.15, 0.2) is 22.7 Å². The summed E-state index contributed by atoms with van der Waals surface area (Å²) >= 11 is 3.48. The molecule has 0 saturated carbocycles. The third-order valence-corrected chi connectivity index (χ3v) is 5.19. The van der Waals surface area contributed by atoms with Gasteiger partial charge in [0.05, 0.1) is 11.1 Å². The lowest BCUT2D eigenvalue weighted by Crippen LogP contribution is -2.35. The molecule has 1 aromatic carbocycles. The highest BCUT2D eigenvalue weighted by Gasteiger charge is 2.50. The smallest absolute Gasteiger partial charge is 0.240 e. The van der Waals surface area contributed by atoms with Gasteiger partial charge >= 0.3 is 0 Å². The molecule has 1 aliphatic rings. The van der Waals surface area contributed by atoms with Crippen molar-refractivity contribution in [2.24, 2.45) is 5.41 Å². The SMILES string of the molecule is CCC1(CC)CC(=O)N(c2cccc(C)c2Br)C1=O. The van der Waals surface area contributed by atoms with Crippen molar-refractivity contribution in [1.82, 2.24) is 0 Å². The summed E-state index contributed by atoms with van der Waals surface area (Å²) in [6.45, 7) is 5.90. The Morgan fingerprint density at radius 2 is 1.89 bits per heavy atom. The summed E-state index contributed by atoms with van der Waals surface area (Å²) in [5, 5.41) is 0. The predicted octanol–water partition coefficient (Wildman–Crippen LogP) is 3.83. The zero-order chi connectivity index (χ0) is 14.2. The molecule has 0 atom stereocenters. The molecule has 0 aromatic heterocycles. The molecule has 1 aliphatic heterocycles. The largest absolute Gasteiger partial charge is 0.274 e. The van der Waals surface area contributed by atoms with E-state index in [0.717, 1.165) is 10.0 Å². The number of aryl methyl sites for hydroxylation is 1. The van der Waals surface area contributed by atoms with E-state index in [1.165, 1.54) is 4.90 Å². The predicted molar refractivity (Wildman–Crippen MR) is 79.0 cm³/mol. The second kappa shape index (κ2) is 5.08. The summed E-state index contributed by atoms with van der Waals surface area (Å²) in [5.74, 6) is -0.159. The highest BCUT2D eigenvalue weighted by molar-refractivity contribution is 9.10. The van der Waals surface area contributed by atoms with Gasteiger partial charge in [0.15, 0.2) is 0 Å². The molecule has 1 aromatic rings. The van der Waals surface area contributed by atoms with Crippen molar-refractivity contribution < 1.29 is 9.59 Å². The van der Waals surface area contributed by atoms with Crippen molar-refractivity contribution in [3.05, 3.63) is 28.2 Å². The van der Waals surface area contributed by atoms with Crippen LogP contribution in [-0.2, 0) is 9.59 Å². The molecule has 3 nitrogen and oxygen atoms in total. The van der Waals surface area contributed by atoms with Crippen molar-refractivity contribution in [2.75, 3.05) is 4.90 Å². The molecule has 2 amide bonds. The Kier molecular flexibility index (Phi) is 3.81. The van der Waals surface area contributed by atoms with Gasteiger partial charge in [-0.1, -0.05) is 26.0 Å². The molecule has 0 unspecified atom stereocenters. The van der Waals surface area contributed by atoms with Crippen LogP contribution in [0.5, 0.6) is 0 Å². The van der Waals surface area contributed by atoms with Gasteiger partial charge in [0.25, 0.3) is 0 Å². The first kappa shape index (κ1) is 14.3. The highest BCUT2D eigenvalue weighted by atomic mass is 79.9. The van der Waals surface area contributed by atoms with Gasteiger partial charge < -0.3 is 0 Å². The van der Waals surface area contributed by atoms with Crippen LogP contribution < -0.4 is 4.90 Å². The molecule has 1 saturated heterocycles. The molecule has 19 heavy (non-hydrogen) atoms. The second-order valence-corrected chi connectivity index (χ2v) is 5.90. The van der Waals surface area contributed by atoms with Crippen LogP contribution in [-0.4, -0.2) is 11.8 Å². The van der Waals surface area contributed by atoms with E-state index in [1.54, 1.807) is 0 Å². The number of anilines is 1. The lowest BCUT2D eigenvalue weighted by Gasteiger charge is -2.24. The number of hydrogen-bond acceptors (Lipinski definition) is 2. The molecule has 102 valence electrons. The summed E-state index contributed by atoms with van der Waals surface area (Å²) in [6.07, 6.45) is 1.72. The molecule has 0 bridgehead atoms. The zero-order valence-electron chi connectivity index (χ0n) is 11.5. The zero-order valence-corrected chi connectivity index (χ0v) is 13.1. The number of imide groups is 1. The molecule has 2 rings (SSSR count). The maximum atomic E-state index is 12.6. The van der Waals surface area contributed by atoms with Crippen LogP contribution in [0.2, 0.25) is 0 Å². The number of amides is 2. The summed E-state index contributed by atoms with van der Waals surface area (Å²) in [7, 11) is 0. The van der Waals surface area contributed by atoms with Crippen LogP contribution in [0.4, 0.5) is 5.69 Å². The van der Waals surface area contributed by atoms with E-state index >= 15 is 0 Å². The molecule has 0 N–H and O–H groups in total. The number of carbonyl (C=O) groups is 2. The monoisotopic (exact) mass is 323 g/mol. The van der Waals surface area contributed by atoms with Crippen LogP contribution in [0, 0.1) is 12.3 Å². The highest BCUT2D eigenvalue weighted by Crippen LogP contribution is 2.43. The van der Waals surface area contributed by atoms with Gasteiger partial charge in [-0.2, -0.15) is 0 Å². The Bertz CT molecular complexity index is 535. The first-order chi connectivity index (χ1) is 8.96. The van der Waals surface area contributed by atoms with Crippen molar-refractivity contribution in [3.8, 4) is 0 Å². The molecule has 0 aliphatic carbocycles. The van der Waals surface area contributed by atoms with Gasteiger partial charge in [0.2, 0.25) is 11.8 Å². The quantitative estimate of drug-likeness (QED) is 0.793. The minimum atomic E-state index is -0.514. The van der Waals surface area contributed by atoms with Crippen LogP contribution in [0.25, 0.3) is 0 Å².